The molecule has 1 amide bonds. The van der Waals surface area contributed by atoms with Crippen LogP contribution in [0.4, 0.5) is 5.69 Å². The van der Waals surface area contributed by atoms with Gasteiger partial charge in [0.15, 0.2) is 0 Å². The number of aromatic nitrogens is 4. The number of rotatable bonds is 6. The summed E-state index contributed by atoms with van der Waals surface area (Å²) in [6.45, 7) is 8.57. The molecular formula is C22H29ClN6O2. The molecule has 8 nitrogen and oxygen atoms in total. The van der Waals surface area contributed by atoms with Crippen molar-refractivity contribution in [2.24, 2.45) is 23.2 Å². The molecule has 2 bridgehead atoms. The maximum Gasteiger partial charge on any atom is 0.288 e. The second-order valence-corrected chi connectivity index (χ2v) is 9.84. The highest BCUT2D eigenvalue weighted by Gasteiger charge is 2.56. The number of carbonyl (C=O) groups excluding carboxylic acids is 1. The van der Waals surface area contributed by atoms with Crippen LogP contribution >= 0.6 is 11.6 Å². The zero-order chi connectivity index (χ0) is 22.3. The average Bonchev–Trinajstić information content (AvgIpc) is 2.74. The van der Waals surface area contributed by atoms with Crippen molar-refractivity contribution in [3.05, 3.63) is 45.9 Å². The van der Waals surface area contributed by atoms with Crippen LogP contribution in [0.25, 0.3) is 0 Å². The van der Waals surface area contributed by atoms with Crippen LogP contribution in [0.15, 0.2) is 29.6 Å². The van der Waals surface area contributed by atoms with E-state index in [1.807, 2.05) is 6.92 Å². The Balaban J connectivity index is 1.41. The van der Waals surface area contributed by atoms with Crippen LogP contribution in [0, 0.1) is 23.2 Å². The molecule has 5 atom stereocenters. The van der Waals surface area contributed by atoms with Gasteiger partial charge in [-0.25, -0.2) is 14.6 Å². The van der Waals surface area contributed by atoms with Gasteiger partial charge in [0.05, 0.1) is 23.6 Å². The van der Waals surface area contributed by atoms with Crippen LogP contribution < -0.4 is 16.2 Å². The Bertz CT molecular complexity index is 1020. The summed E-state index contributed by atoms with van der Waals surface area (Å²) in [5.41, 5.74) is 1.13. The van der Waals surface area contributed by atoms with E-state index in [-0.39, 0.29) is 29.6 Å². The van der Waals surface area contributed by atoms with Crippen LogP contribution in [0.2, 0.25) is 5.02 Å². The van der Waals surface area contributed by atoms with E-state index in [0.717, 1.165) is 11.1 Å². The van der Waals surface area contributed by atoms with Crippen molar-refractivity contribution in [1.29, 1.82) is 0 Å². The molecule has 5 rings (SSSR count). The van der Waals surface area contributed by atoms with Gasteiger partial charge in [0.1, 0.15) is 17.9 Å². The molecule has 2 aromatic rings. The minimum atomic E-state index is -0.481. The first-order valence-corrected chi connectivity index (χ1v) is 11.1. The molecule has 2 heterocycles. The van der Waals surface area contributed by atoms with Gasteiger partial charge in [-0.15, -0.1) is 0 Å². The van der Waals surface area contributed by atoms with Gasteiger partial charge in [-0.3, -0.25) is 9.59 Å². The largest absolute Gasteiger partial charge is 0.379 e. The summed E-state index contributed by atoms with van der Waals surface area (Å²) in [5, 5.41) is 10.5. The van der Waals surface area contributed by atoms with Gasteiger partial charge < -0.3 is 10.6 Å². The number of hydrogen-bond acceptors (Lipinski definition) is 6. The lowest BCUT2D eigenvalue weighted by Crippen LogP contribution is -2.58. The number of anilines is 1. The zero-order valence-corrected chi connectivity index (χ0v) is 19.1. The van der Waals surface area contributed by atoms with Gasteiger partial charge in [-0.2, -0.15) is 5.10 Å². The van der Waals surface area contributed by atoms with Gasteiger partial charge in [0.2, 0.25) is 5.91 Å². The van der Waals surface area contributed by atoms with E-state index < -0.39 is 5.56 Å². The van der Waals surface area contributed by atoms with Crippen LogP contribution in [0.3, 0.4) is 0 Å². The second kappa shape index (κ2) is 8.22. The number of fused-ring (bicyclic) bond motifs is 2. The van der Waals surface area contributed by atoms with Crippen LogP contribution in [-0.2, 0) is 11.3 Å². The zero-order valence-electron chi connectivity index (χ0n) is 18.3. The summed E-state index contributed by atoms with van der Waals surface area (Å²) >= 11 is 6.37. The van der Waals surface area contributed by atoms with Crippen LogP contribution in [0.1, 0.15) is 52.3 Å². The van der Waals surface area contributed by atoms with E-state index in [1.54, 1.807) is 18.5 Å². The predicted octanol–water partition coefficient (Wildman–Crippen LogP) is 3.05. The first kappa shape index (κ1) is 21.7. The van der Waals surface area contributed by atoms with E-state index >= 15 is 0 Å². The molecule has 3 aliphatic rings. The average molecular weight is 445 g/mol. The Labute approximate surface area is 186 Å². The molecule has 0 aromatic carbocycles. The number of carbonyl (C=O) groups is 1. The molecule has 2 aromatic heterocycles. The van der Waals surface area contributed by atoms with Gasteiger partial charge >= 0.3 is 0 Å². The molecule has 0 saturated heterocycles. The third kappa shape index (κ3) is 4.05. The molecule has 3 fully saturated rings. The standard InChI is InChI=1S/C22H29ClN6O2/c1-12-15-7-14(22(15,3)4)8-17(12)28-18-9-26-29(21(31)20(18)23)10-19(30)27-13(2)16-5-6-24-11-25-16/h5-6,9,11-15,17,28H,7-8,10H2,1-4H3,(H,27,30)/t12-,13?,14-,15+,17-/m1/s1. The van der Waals surface area contributed by atoms with E-state index in [9.17, 15) is 9.59 Å². The normalized spacial score (nSPS) is 27.1. The predicted molar refractivity (Wildman–Crippen MR) is 119 cm³/mol. The Morgan fingerprint density at radius 3 is 2.81 bits per heavy atom. The first-order chi connectivity index (χ1) is 14.7. The van der Waals surface area contributed by atoms with Crippen molar-refractivity contribution in [3.63, 3.8) is 0 Å². The van der Waals surface area contributed by atoms with Crippen LogP contribution in [0.5, 0.6) is 0 Å². The summed E-state index contributed by atoms with van der Waals surface area (Å²) in [4.78, 5) is 33.1. The van der Waals surface area contributed by atoms with E-state index in [4.69, 9.17) is 11.6 Å². The molecule has 0 spiro atoms. The highest BCUT2D eigenvalue weighted by molar-refractivity contribution is 6.32. The Hall–Kier alpha value is -2.48. The number of hydrogen-bond donors (Lipinski definition) is 2. The van der Waals surface area contributed by atoms with Gasteiger partial charge in [-0.1, -0.05) is 32.4 Å². The lowest BCUT2D eigenvalue weighted by Gasteiger charge is -2.62. The third-order valence-electron chi connectivity index (χ3n) is 7.40. The molecule has 166 valence electrons. The highest BCUT2D eigenvalue weighted by atomic mass is 35.5. The van der Waals surface area contributed by atoms with Crippen molar-refractivity contribution in [2.45, 2.75) is 59.2 Å². The summed E-state index contributed by atoms with van der Waals surface area (Å²) in [6.07, 6.45) is 6.92. The highest BCUT2D eigenvalue weighted by Crippen LogP contribution is 2.61. The molecule has 1 unspecified atom stereocenters. The van der Waals surface area contributed by atoms with E-state index in [1.165, 1.54) is 12.7 Å². The maximum absolute atomic E-state index is 12.7. The first-order valence-electron chi connectivity index (χ1n) is 10.8. The minimum Gasteiger partial charge on any atom is -0.379 e. The molecule has 0 aliphatic heterocycles. The fourth-order valence-corrected chi connectivity index (χ4v) is 5.47. The Morgan fingerprint density at radius 2 is 2.16 bits per heavy atom. The molecular weight excluding hydrogens is 416 g/mol. The smallest absolute Gasteiger partial charge is 0.288 e. The SMILES string of the molecule is CC(NC(=O)Cn1ncc(N[C@@H]2C[C@H]3C[C@@H]([C@H]2C)C3(C)C)c(Cl)c1=O)c1ccncn1. The number of nitrogens with zero attached hydrogens (tertiary/aromatic N) is 4. The second-order valence-electron chi connectivity index (χ2n) is 9.46. The fraction of sp³-hybridized carbons (Fsp3) is 0.591. The van der Waals surface area contributed by atoms with Gasteiger partial charge in [-0.05, 0) is 49.0 Å². The molecule has 3 aliphatic carbocycles. The third-order valence-corrected chi connectivity index (χ3v) is 7.76. The summed E-state index contributed by atoms with van der Waals surface area (Å²) in [5.74, 6) is 1.52. The Morgan fingerprint density at radius 1 is 1.39 bits per heavy atom. The monoisotopic (exact) mass is 444 g/mol. The minimum absolute atomic E-state index is 0.0670. The molecule has 3 saturated carbocycles. The fourth-order valence-electron chi connectivity index (χ4n) is 5.27. The summed E-state index contributed by atoms with van der Waals surface area (Å²) in [6, 6.07) is 1.68. The lowest BCUT2D eigenvalue weighted by molar-refractivity contribution is -0.122. The van der Waals surface area contributed by atoms with Crippen molar-refractivity contribution in [3.8, 4) is 0 Å². The topological polar surface area (TPSA) is 102 Å². The summed E-state index contributed by atoms with van der Waals surface area (Å²) in [7, 11) is 0. The number of halogens is 1. The lowest BCUT2D eigenvalue weighted by atomic mass is 9.45. The van der Waals surface area contributed by atoms with E-state index in [0.29, 0.717) is 34.6 Å². The van der Waals surface area contributed by atoms with Crippen molar-refractivity contribution < 1.29 is 4.79 Å². The maximum atomic E-state index is 12.7. The van der Waals surface area contributed by atoms with Crippen LogP contribution in [-0.4, -0.2) is 31.7 Å². The number of nitrogens with one attached hydrogen (secondary N) is 2. The van der Waals surface area contributed by atoms with Crippen molar-refractivity contribution in [2.75, 3.05) is 5.32 Å². The molecule has 2 N–H and O–H groups in total. The Kier molecular flexibility index (Phi) is 5.77. The molecule has 9 heteroatoms. The van der Waals surface area contributed by atoms with Gasteiger partial charge in [0, 0.05) is 12.2 Å². The summed E-state index contributed by atoms with van der Waals surface area (Å²) < 4.78 is 1.08. The van der Waals surface area contributed by atoms with Gasteiger partial charge in [0.25, 0.3) is 5.56 Å². The molecule has 31 heavy (non-hydrogen) atoms. The molecule has 0 radical (unpaired) electrons. The van der Waals surface area contributed by atoms with Crippen molar-refractivity contribution in [1.82, 2.24) is 25.1 Å². The number of amides is 1. The van der Waals surface area contributed by atoms with Crippen molar-refractivity contribution >= 4 is 23.2 Å². The quantitative estimate of drug-likeness (QED) is 0.710. The van der Waals surface area contributed by atoms with E-state index in [2.05, 4.69) is 46.5 Å².